The predicted molar refractivity (Wildman–Crippen MR) is 116 cm³/mol. The number of benzene rings is 2. The molecule has 0 spiro atoms. The van der Waals surface area contributed by atoms with Crippen molar-refractivity contribution in [2.75, 3.05) is 0 Å². The summed E-state index contributed by atoms with van der Waals surface area (Å²) in [6.45, 7) is 4.68. The molecule has 0 saturated heterocycles. The van der Waals surface area contributed by atoms with E-state index >= 15 is 0 Å². The second-order valence-electron chi connectivity index (χ2n) is 6.83. The molecule has 28 heavy (non-hydrogen) atoms. The first-order chi connectivity index (χ1) is 13.6. The molecule has 0 bridgehead atoms. The van der Waals surface area contributed by atoms with E-state index in [1.54, 1.807) is 0 Å². The number of allylic oxidation sites excluding steroid dienone is 2. The number of unbranched alkanes of at least 4 members (excludes halogenated alkanes) is 2. The minimum Gasteiger partial charge on any atom is -0.488 e. The smallest absolute Gasteiger partial charge is 0.307 e. The quantitative estimate of drug-likeness (QED) is 0.484. The van der Waals surface area contributed by atoms with Gasteiger partial charge in [-0.2, -0.15) is 0 Å². The fraction of sp³-hybridized carbons (Fsp3) is 0.320. The summed E-state index contributed by atoms with van der Waals surface area (Å²) < 4.78 is 6.13. The standard InChI is InChI=1S/C25H30O3/c1-3-5-8-14-21-16-22(15-9-6-4-2)25(23(17-21)18-24(26)27)28-19-20-12-10-7-11-13-20/h7-17H,3-6,18-19H2,1-2H3,(H,26,27)/b14-8+,15-9+. The number of carboxylic acid groups (broad SMARTS) is 1. The van der Waals surface area contributed by atoms with E-state index in [0.717, 1.165) is 42.4 Å². The topological polar surface area (TPSA) is 46.5 Å². The van der Waals surface area contributed by atoms with Crippen LogP contribution in [0.5, 0.6) is 5.75 Å². The average Bonchev–Trinajstić information content (AvgIpc) is 2.68. The molecule has 0 amide bonds. The van der Waals surface area contributed by atoms with Gasteiger partial charge in [-0.25, -0.2) is 0 Å². The van der Waals surface area contributed by atoms with E-state index in [-0.39, 0.29) is 6.42 Å². The molecule has 0 radical (unpaired) electrons. The van der Waals surface area contributed by atoms with Crippen molar-refractivity contribution >= 4 is 18.1 Å². The molecule has 0 aliphatic carbocycles. The first-order valence-electron chi connectivity index (χ1n) is 10.0. The van der Waals surface area contributed by atoms with E-state index in [4.69, 9.17) is 4.74 Å². The molecule has 0 aliphatic heterocycles. The molecule has 148 valence electrons. The van der Waals surface area contributed by atoms with Gasteiger partial charge in [0.15, 0.2) is 0 Å². The highest BCUT2D eigenvalue weighted by Crippen LogP contribution is 2.30. The molecule has 0 unspecified atom stereocenters. The molecule has 0 aliphatic rings. The van der Waals surface area contributed by atoms with Gasteiger partial charge in [-0.3, -0.25) is 4.79 Å². The van der Waals surface area contributed by atoms with Crippen LogP contribution in [0.2, 0.25) is 0 Å². The maximum Gasteiger partial charge on any atom is 0.307 e. The van der Waals surface area contributed by atoms with Crippen molar-refractivity contribution in [3.8, 4) is 5.75 Å². The SMILES string of the molecule is CCC/C=C/c1cc(/C=C/CCC)c(OCc2ccccc2)c(CC(=O)O)c1. The van der Waals surface area contributed by atoms with Crippen LogP contribution in [0.3, 0.4) is 0 Å². The van der Waals surface area contributed by atoms with E-state index in [1.165, 1.54) is 0 Å². The Kier molecular flexibility index (Phi) is 9.06. The first kappa shape index (κ1) is 21.5. The molecular weight excluding hydrogens is 348 g/mol. The number of hydrogen-bond acceptors (Lipinski definition) is 2. The Hall–Kier alpha value is -2.81. The molecule has 3 nitrogen and oxygen atoms in total. The van der Waals surface area contributed by atoms with Gasteiger partial charge < -0.3 is 9.84 Å². The van der Waals surface area contributed by atoms with Crippen LogP contribution in [0.1, 0.15) is 61.8 Å². The van der Waals surface area contributed by atoms with Crippen molar-refractivity contribution in [3.05, 3.63) is 76.9 Å². The van der Waals surface area contributed by atoms with E-state index in [2.05, 4.69) is 38.1 Å². The van der Waals surface area contributed by atoms with Crippen molar-refractivity contribution in [2.45, 2.75) is 52.6 Å². The summed E-state index contributed by atoms with van der Waals surface area (Å²) >= 11 is 0. The Balaban J connectivity index is 2.41. The number of carbonyl (C=O) groups is 1. The minimum absolute atomic E-state index is 0.0613. The summed E-state index contributed by atoms with van der Waals surface area (Å²) in [6.07, 6.45) is 12.4. The van der Waals surface area contributed by atoms with Gasteiger partial charge in [0.05, 0.1) is 6.42 Å². The van der Waals surface area contributed by atoms with Crippen LogP contribution in [0.15, 0.2) is 54.6 Å². The lowest BCUT2D eigenvalue weighted by atomic mass is 10.00. The Morgan fingerprint density at radius 3 is 2.32 bits per heavy atom. The number of hydrogen-bond donors (Lipinski definition) is 1. The predicted octanol–water partition coefficient (Wildman–Crippen LogP) is 6.52. The average molecular weight is 379 g/mol. The van der Waals surface area contributed by atoms with E-state index in [0.29, 0.717) is 17.9 Å². The van der Waals surface area contributed by atoms with Crippen molar-refractivity contribution in [1.29, 1.82) is 0 Å². The van der Waals surface area contributed by atoms with E-state index < -0.39 is 5.97 Å². The van der Waals surface area contributed by atoms with Crippen molar-refractivity contribution < 1.29 is 14.6 Å². The maximum absolute atomic E-state index is 11.4. The van der Waals surface area contributed by atoms with E-state index in [1.807, 2.05) is 42.5 Å². The molecular formula is C25H30O3. The summed E-state index contributed by atoms with van der Waals surface area (Å²) in [7, 11) is 0. The Labute approximate surface area is 168 Å². The first-order valence-corrected chi connectivity index (χ1v) is 10.0. The lowest BCUT2D eigenvalue weighted by Gasteiger charge is -2.15. The molecule has 0 aromatic heterocycles. The van der Waals surface area contributed by atoms with Gasteiger partial charge in [0.2, 0.25) is 0 Å². The summed E-state index contributed by atoms with van der Waals surface area (Å²) in [5.74, 6) is -0.200. The van der Waals surface area contributed by atoms with Gasteiger partial charge >= 0.3 is 5.97 Å². The summed E-state index contributed by atoms with van der Waals surface area (Å²) in [5.41, 5.74) is 3.70. The third-order valence-corrected chi connectivity index (χ3v) is 4.30. The fourth-order valence-corrected chi connectivity index (χ4v) is 2.92. The molecule has 1 N–H and O–H groups in total. The van der Waals surface area contributed by atoms with Crippen molar-refractivity contribution in [1.82, 2.24) is 0 Å². The zero-order chi connectivity index (χ0) is 20.2. The molecule has 0 fully saturated rings. The van der Waals surface area contributed by atoms with Crippen molar-refractivity contribution in [3.63, 3.8) is 0 Å². The zero-order valence-corrected chi connectivity index (χ0v) is 16.9. The molecule has 2 aromatic rings. The molecule has 0 saturated carbocycles. The highest BCUT2D eigenvalue weighted by molar-refractivity contribution is 5.75. The van der Waals surface area contributed by atoms with Crippen LogP contribution < -0.4 is 4.74 Å². The third kappa shape index (κ3) is 7.07. The Morgan fingerprint density at radius 2 is 1.68 bits per heavy atom. The number of aliphatic carboxylic acids is 1. The van der Waals surface area contributed by atoms with Gasteiger partial charge in [-0.05, 0) is 36.1 Å². The van der Waals surface area contributed by atoms with Crippen LogP contribution in [0, 0.1) is 0 Å². The summed E-state index contributed by atoms with van der Waals surface area (Å²) in [5, 5.41) is 9.40. The van der Waals surface area contributed by atoms with Crippen LogP contribution >= 0.6 is 0 Å². The normalized spacial score (nSPS) is 11.4. The highest BCUT2D eigenvalue weighted by atomic mass is 16.5. The lowest BCUT2D eigenvalue weighted by molar-refractivity contribution is -0.136. The van der Waals surface area contributed by atoms with Crippen molar-refractivity contribution in [2.24, 2.45) is 0 Å². The number of rotatable bonds is 11. The molecule has 2 aromatic carbocycles. The maximum atomic E-state index is 11.4. The third-order valence-electron chi connectivity index (χ3n) is 4.30. The van der Waals surface area contributed by atoms with Gasteiger partial charge in [-0.1, -0.05) is 81.3 Å². The number of ether oxygens (including phenoxy) is 1. The molecule has 2 rings (SSSR count). The van der Waals surface area contributed by atoms with Crippen LogP contribution in [-0.4, -0.2) is 11.1 Å². The molecule has 3 heteroatoms. The highest BCUT2D eigenvalue weighted by Gasteiger charge is 2.14. The van der Waals surface area contributed by atoms with Gasteiger partial charge in [0.1, 0.15) is 12.4 Å². The summed E-state index contributed by atoms with van der Waals surface area (Å²) in [6, 6.07) is 13.9. The second-order valence-corrected chi connectivity index (χ2v) is 6.83. The van der Waals surface area contributed by atoms with Gasteiger partial charge in [0, 0.05) is 11.1 Å². The minimum atomic E-state index is -0.859. The largest absolute Gasteiger partial charge is 0.488 e. The Bertz CT molecular complexity index is 804. The van der Waals surface area contributed by atoms with Crippen LogP contribution in [-0.2, 0) is 17.8 Å². The fourth-order valence-electron chi connectivity index (χ4n) is 2.92. The Morgan fingerprint density at radius 1 is 1.00 bits per heavy atom. The van der Waals surface area contributed by atoms with Gasteiger partial charge in [-0.15, -0.1) is 0 Å². The zero-order valence-electron chi connectivity index (χ0n) is 16.9. The molecule has 0 heterocycles. The number of carboxylic acids is 1. The lowest BCUT2D eigenvalue weighted by Crippen LogP contribution is -2.06. The molecule has 0 atom stereocenters. The van der Waals surface area contributed by atoms with E-state index in [9.17, 15) is 9.90 Å². The van der Waals surface area contributed by atoms with Crippen LogP contribution in [0.4, 0.5) is 0 Å². The monoisotopic (exact) mass is 378 g/mol. The van der Waals surface area contributed by atoms with Gasteiger partial charge in [0.25, 0.3) is 0 Å². The second kappa shape index (κ2) is 11.8. The summed E-state index contributed by atoms with van der Waals surface area (Å²) in [4.78, 5) is 11.4. The van der Waals surface area contributed by atoms with Crippen LogP contribution in [0.25, 0.3) is 12.2 Å².